The lowest BCUT2D eigenvalue weighted by Crippen LogP contribution is -2.46. The lowest BCUT2D eigenvalue weighted by atomic mass is 10.0. The number of carbonyl (C=O) groups is 1. The third kappa shape index (κ3) is 64.4. The molecular formula is C70H139N2O6P. The van der Waals surface area contributed by atoms with Gasteiger partial charge in [-0.1, -0.05) is 340 Å². The number of amides is 1. The van der Waals surface area contributed by atoms with Crippen LogP contribution in [0.1, 0.15) is 367 Å². The maximum absolute atomic E-state index is 13.1. The number of phosphoric ester groups is 1. The molecule has 9 heteroatoms. The van der Waals surface area contributed by atoms with E-state index in [1.54, 1.807) is 0 Å². The fourth-order valence-electron chi connectivity index (χ4n) is 11.0. The van der Waals surface area contributed by atoms with Crippen LogP contribution in [0.25, 0.3) is 0 Å². The van der Waals surface area contributed by atoms with Crippen LogP contribution in [0.4, 0.5) is 0 Å². The quantitative estimate of drug-likeness (QED) is 0.0272. The van der Waals surface area contributed by atoms with Crippen molar-refractivity contribution in [2.24, 2.45) is 0 Å². The molecule has 0 bridgehead atoms. The molecule has 1 amide bonds. The van der Waals surface area contributed by atoms with E-state index in [0.717, 1.165) is 44.9 Å². The van der Waals surface area contributed by atoms with Crippen molar-refractivity contribution in [2.45, 2.75) is 379 Å². The number of hydrogen-bond donors (Lipinski definition) is 2. The molecule has 470 valence electrons. The zero-order valence-corrected chi connectivity index (χ0v) is 54.8. The minimum atomic E-state index is -4.58. The van der Waals surface area contributed by atoms with Gasteiger partial charge in [-0.3, -0.25) is 9.36 Å². The van der Waals surface area contributed by atoms with Crippen LogP contribution in [0.2, 0.25) is 0 Å². The summed E-state index contributed by atoms with van der Waals surface area (Å²) in [6.07, 6.45) is 79.7. The Kier molecular flexibility index (Phi) is 60.7. The van der Waals surface area contributed by atoms with Crippen LogP contribution < -0.4 is 10.2 Å². The Labute approximate surface area is 494 Å². The van der Waals surface area contributed by atoms with Gasteiger partial charge in [0.05, 0.1) is 39.9 Å². The zero-order valence-electron chi connectivity index (χ0n) is 53.9. The monoisotopic (exact) mass is 1140 g/mol. The van der Waals surface area contributed by atoms with Crippen LogP contribution in [0.5, 0.6) is 0 Å². The van der Waals surface area contributed by atoms with Gasteiger partial charge in [0.15, 0.2) is 0 Å². The fourth-order valence-corrected chi connectivity index (χ4v) is 11.7. The Hall–Kier alpha value is -1.02. The molecule has 0 aromatic carbocycles. The van der Waals surface area contributed by atoms with Crippen LogP contribution in [-0.4, -0.2) is 68.5 Å². The number of allylic oxidation sites excluding steroid dienone is 4. The maximum Gasteiger partial charge on any atom is 0.268 e. The molecule has 3 atom stereocenters. The van der Waals surface area contributed by atoms with Gasteiger partial charge in [-0.05, 0) is 44.9 Å². The second-order valence-corrected chi connectivity index (χ2v) is 27.0. The number of quaternary nitrogens is 1. The lowest BCUT2D eigenvalue weighted by molar-refractivity contribution is -0.870. The van der Waals surface area contributed by atoms with E-state index in [9.17, 15) is 19.4 Å². The molecule has 0 fully saturated rings. The largest absolute Gasteiger partial charge is 0.756 e. The van der Waals surface area contributed by atoms with Gasteiger partial charge in [-0.2, -0.15) is 0 Å². The molecule has 8 nitrogen and oxygen atoms in total. The second-order valence-electron chi connectivity index (χ2n) is 25.6. The third-order valence-corrected chi connectivity index (χ3v) is 17.4. The zero-order chi connectivity index (χ0) is 57.7. The topological polar surface area (TPSA) is 108 Å². The minimum absolute atomic E-state index is 0.0147. The lowest BCUT2D eigenvalue weighted by Gasteiger charge is -2.30. The van der Waals surface area contributed by atoms with Crippen molar-refractivity contribution >= 4 is 13.7 Å². The summed E-state index contributed by atoms with van der Waals surface area (Å²) in [6.45, 7) is 4.78. The Morgan fingerprint density at radius 1 is 0.443 bits per heavy atom. The third-order valence-electron chi connectivity index (χ3n) is 16.4. The Balaban J connectivity index is 3.97. The van der Waals surface area contributed by atoms with Crippen molar-refractivity contribution in [1.29, 1.82) is 0 Å². The second kappa shape index (κ2) is 61.5. The van der Waals surface area contributed by atoms with Crippen LogP contribution in [0.3, 0.4) is 0 Å². The molecule has 0 radical (unpaired) electrons. The van der Waals surface area contributed by atoms with Crippen molar-refractivity contribution in [2.75, 3.05) is 40.9 Å². The van der Waals surface area contributed by atoms with Crippen LogP contribution in [0, 0.1) is 0 Å². The fraction of sp³-hybridized carbons (Fsp3) is 0.929. The summed E-state index contributed by atoms with van der Waals surface area (Å²) in [4.78, 5) is 25.7. The highest BCUT2D eigenvalue weighted by molar-refractivity contribution is 7.45. The first-order chi connectivity index (χ1) is 38.5. The summed E-state index contributed by atoms with van der Waals surface area (Å²) >= 11 is 0. The van der Waals surface area contributed by atoms with Gasteiger partial charge in [-0.25, -0.2) is 0 Å². The van der Waals surface area contributed by atoms with E-state index in [1.165, 1.54) is 295 Å². The number of unbranched alkanes of at least 4 members (excludes halogenated alkanes) is 49. The van der Waals surface area contributed by atoms with Gasteiger partial charge in [0.25, 0.3) is 7.82 Å². The SMILES string of the molecule is CCCCCCCCCCCCC/C=C\C/C=C\CCCCCCCCCCCCCCCCCCCC(=O)NC(COP(=O)([O-])OCC[N+](C)(C)C)C(O)CCCCCCCCCCCCCCCCCCCCCCCC. The molecule has 0 aliphatic carbocycles. The van der Waals surface area contributed by atoms with Crippen molar-refractivity contribution in [1.82, 2.24) is 5.32 Å². The van der Waals surface area contributed by atoms with E-state index in [-0.39, 0.29) is 19.1 Å². The number of likely N-dealkylation sites (N-methyl/N-ethyl adjacent to an activating group) is 1. The van der Waals surface area contributed by atoms with E-state index >= 15 is 0 Å². The first-order valence-corrected chi connectivity index (χ1v) is 36.6. The Morgan fingerprint density at radius 3 is 1.05 bits per heavy atom. The Bertz CT molecular complexity index is 1340. The van der Waals surface area contributed by atoms with Gasteiger partial charge < -0.3 is 28.8 Å². The number of rotatable bonds is 66. The molecule has 0 rings (SSSR count). The first-order valence-electron chi connectivity index (χ1n) is 35.2. The molecule has 0 aromatic heterocycles. The summed E-state index contributed by atoms with van der Waals surface area (Å²) in [5.41, 5.74) is 0. The average Bonchev–Trinajstić information content (AvgIpc) is 3.42. The van der Waals surface area contributed by atoms with Gasteiger partial charge in [0.2, 0.25) is 5.91 Å². The van der Waals surface area contributed by atoms with E-state index in [1.807, 2.05) is 21.1 Å². The number of aliphatic hydroxyl groups is 1. The van der Waals surface area contributed by atoms with Crippen molar-refractivity contribution in [3.8, 4) is 0 Å². The molecular weight excluding hydrogens is 996 g/mol. The van der Waals surface area contributed by atoms with E-state index in [2.05, 4.69) is 43.5 Å². The molecule has 0 aliphatic rings. The highest BCUT2D eigenvalue weighted by atomic mass is 31.2. The Morgan fingerprint density at radius 2 is 0.734 bits per heavy atom. The van der Waals surface area contributed by atoms with Gasteiger partial charge in [-0.15, -0.1) is 0 Å². The molecule has 0 heterocycles. The predicted octanol–water partition coefficient (Wildman–Crippen LogP) is 21.6. The molecule has 0 aliphatic heterocycles. The number of nitrogens with one attached hydrogen (secondary N) is 1. The van der Waals surface area contributed by atoms with Crippen LogP contribution in [-0.2, 0) is 18.4 Å². The molecule has 2 N–H and O–H groups in total. The maximum atomic E-state index is 13.1. The van der Waals surface area contributed by atoms with Crippen molar-refractivity contribution in [3.63, 3.8) is 0 Å². The van der Waals surface area contributed by atoms with Gasteiger partial charge in [0, 0.05) is 6.42 Å². The summed E-state index contributed by atoms with van der Waals surface area (Å²) < 4.78 is 23.5. The normalized spacial score (nSPS) is 13.8. The van der Waals surface area contributed by atoms with E-state index in [0.29, 0.717) is 23.9 Å². The number of hydrogen-bond acceptors (Lipinski definition) is 6. The summed E-state index contributed by atoms with van der Waals surface area (Å²) in [5, 5.41) is 14.1. The molecule has 0 spiro atoms. The average molecular weight is 1140 g/mol. The highest BCUT2D eigenvalue weighted by Gasteiger charge is 2.24. The summed E-state index contributed by atoms with van der Waals surface area (Å²) in [5.74, 6) is -0.157. The molecule has 3 unspecified atom stereocenters. The number of phosphoric acid groups is 1. The molecule has 0 saturated carbocycles. The number of nitrogens with zero attached hydrogens (tertiary/aromatic N) is 1. The number of aliphatic hydroxyl groups excluding tert-OH is 1. The van der Waals surface area contributed by atoms with Crippen molar-refractivity contribution < 1.29 is 32.9 Å². The number of carbonyl (C=O) groups excluding carboxylic acids is 1. The van der Waals surface area contributed by atoms with Crippen LogP contribution in [0.15, 0.2) is 24.3 Å². The molecule has 0 aromatic rings. The van der Waals surface area contributed by atoms with Crippen LogP contribution >= 0.6 is 7.82 Å². The highest BCUT2D eigenvalue weighted by Crippen LogP contribution is 2.38. The minimum Gasteiger partial charge on any atom is -0.756 e. The predicted molar refractivity (Wildman–Crippen MR) is 344 cm³/mol. The summed E-state index contributed by atoms with van der Waals surface area (Å²) in [7, 11) is 1.32. The molecule has 79 heavy (non-hydrogen) atoms. The van der Waals surface area contributed by atoms with E-state index < -0.39 is 20.0 Å². The van der Waals surface area contributed by atoms with Gasteiger partial charge >= 0.3 is 0 Å². The molecule has 0 saturated heterocycles. The summed E-state index contributed by atoms with van der Waals surface area (Å²) in [6, 6.07) is -0.800. The first kappa shape index (κ1) is 78.0. The standard InChI is InChI=1S/C70H139N2O6P/c1-6-8-10-12-14-16-18-20-22-24-26-28-30-31-32-33-34-35-36-37-38-39-40-41-42-44-46-48-50-52-54-56-58-60-62-64-70(74)71-68(67-78-79(75,76)77-66-65-72(3,4)5)69(73)63-61-59-57-55-53-51-49-47-45-43-29-27-25-23-21-19-17-15-13-11-9-7-2/h30-31,33-34,68-69,73H,6-29,32,35-67H2,1-5H3,(H-,71,74,75,76)/b31-30-,34-33-. The van der Waals surface area contributed by atoms with Crippen molar-refractivity contribution in [3.05, 3.63) is 24.3 Å². The van der Waals surface area contributed by atoms with E-state index in [4.69, 9.17) is 9.05 Å². The van der Waals surface area contributed by atoms with Gasteiger partial charge in [0.1, 0.15) is 13.2 Å². The smallest absolute Gasteiger partial charge is 0.268 e.